The van der Waals surface area contributed by atoms with Gasteiger partial charge in [-0.15, -0.1) is 0 Å². The summed E-state index contributed by atoms with van der Waals surface area (Å²) in [5, 5.41) is 15.4. The second-order valence-corrected chi connectivity index (χ2v) is 9.03. The Bertz CT molecular complexity index is 1270. The molecule has 32 heavy (non-hydrogen) atoms. The third kappa shape index (κ3) is 5.18. The Morgan fingerprint density at radius 3 is 2.56 bits per heavy atom. The van der Waals surface area contributed by atoms with Crippen LogP contribution in [0, 0.1) is 0 Å². The average molecular weight is 478 g/mol. The van der Waals surface area contributed by atoms with Gasteiger partial charge in [0.15, 0.2) is 5.82 Å². The smallest absolute Gasteiger partial charge is 0.339 e. The van der Waals surface area contributed by atoms with Crippen LogP contribution in [0.15, 0.2) is 48.7 Å². The molecule has 3 N–H and O–H groups in total. The lowest BCUT2D eigenvalue weighted by Gasteiger charge is -2.21. The number of hydrogen-bond donors (Lipinski definition) is 3. The molecule has 0 aliphatic rings. The second-order valence-electron chi connectivity index (χ2n) is 6.61. The van der Waals surface area contributed by atoms with E-state index in [1.807, 2.05) is 0 Å². The van der Waals surface area contributed by atoms with Gasteiger partial charge >= 0.3 is 5.97 Å². The van der Waals surface area contributed by atoms with Crippen molar-refractivity contribution in [1.29, 1.82) is 0 Å². The number of rotatable bonds is 8. The fourth-order valence-corrected chi connectivity index (χ4v) is 3.40. The third-order valence-electron chi connectivity index (χ3n) is 4.43. The lowest BCUT2D eigenvalue weighted by molar-refractivity contribution is 0.0693. The molecule has 0 atom stereocenters. The number of sulfonamides is 1. The average Bonchev–Trinajstić information content (AvgIpc) is 2.75. The number of para-hydroxylation sites is 2. The van der Waals surface area contributed by atoms with Crippen LogP contribution in [-0.4, -0.2) is 49.9 Å². The minimum Gasteiger partial charge on any atom is -0.496 e. The number of ether oxygens (including phenoxy) is 1. The van der Waals surface area contributed by atoms with Crippen LogP contribution in [0.25, 0.3) is 0 Å². The molecule has 0 saturated carbocycles. The van der Waals surface area contributed by atoms with Crippen LogP contribution in [0.1, 0.15) is 10.4 Å². The van der Waals surface area contributed by atoms with Crippen molar-refractivity contribution >= 4 is 56.4 Å². The van der Waals surface area contributed by atoms with Gasteiger partial charge in [0.25, 0.3) is 0 Å². The normalized spacial score (nSPS) is 11.0. The number of carboxylic acids is 1. The third-order valence-corrected chi connectivity index (χ3v) is 5.89. The van der Waals surface area contributed by atoms with Gasteiger partial charge in [-0.25, -0.2) is 18.2 Å². The van der Waals surface area contributed by atoms with Gasteiger partial charge in [-0.3, -0.25) is 4.31 Å². The van der Waals surface area contributed by atoms with Crippen LogP contribution in [0.2, 0.25) is 5.02 Å². The first-order valence-corrected chi connectivity index (χ1v) is 11.3. The Morgan fingerprint density at radius 2 is 1.91 bits per heavy atom. The van der Waals surface area contributed by atoms with Gasteiger partial charge in [0.1, 0.15) is 16.3 Å². The van der Waals surface area contributed by atoms with Crippen molar-refractivity contribution in [3.05, 3.63) is 59.2 Å². The molecule has 1 heterocycles. The van der Waals surface area contributed by atoms with Crippen molar-refractivity contribution in [3.8, 4) is 5.75 Å². The standard InChI is InChI=1S/C20H20ClN5O5S/c1-26(32(3,29)30)16-7-5-4-6-15(16)24-18-14(21)11-22-20(25-18)23-12-8-9-13(19(27)28)17(10-12)31-2/h4-11H,1-3H3,(H,27,28)(H2,22,23,24,25). The maximum absolute atomic E-state index is 12.0. The fourth-order valence-electron chi connectivity index (χ4n) is 2.75. The number of aromatic carboxylic acids is 1. The number of nitrogens with zero attached hydrogens (tertiary/aromatic N) is 3. The second kappa shape index (κ2) is 9.28. The molecule has 168 valence electrons. The SMILES string of the molecule is COc1cc(Nc2ncc(Cl)c(Nc3ccccc3N(C)S(C)(=O)=O)n2)ccc1C(=O)O. The summed E-state index contributed by atoms with van der Waals surface area (Å²) in [7, 11) is -0.669. The molecule has 1 aromatic heterocycles. The number of aromatic nitrogens is 2. The Labute approximate surface area is 189 Å². The zero-order valence-corrected chi connectivity index (χ0v) is 18.9. The summed E-state index contributed by atoms with van der Waals surface area (Å²) in [4.78, 5) is 19.7. The monoisotopic (exact) mass is 477 g/mol. The lowest BCUT2D eigenvalue weighted by Crippen LogP contribution is -2.25. The van der Waals surface area contributed by atoms with E-state index >= 15 is 0 Å². The van der Waals surface area contributed by atoms with Gasteiger partial charge in [-0.05, 0) is 24.3 Å². The predicted octanol–water partition coefficient (Wildman–Crippen LogP) is 3.72. The Morgan fingerprint density at radius 1 is 1.19 bits per heavy atom. The molecule has 0 amide bonds. The molecule has 0 spiro atoms. The molecule has 2 aromatic carbocycles. The largest absolute Gasteiger partial charge is 0.496 e. The zero-order chi connectivity index (χ0) is 23.5. The number of methoxy groups -OCH3 is 1. The van der Waals surface area contributed by atoms with E-state index < -0.39 is 16.0 Å². The summed E-state index contributed by atoms with van der Waals surface area (Å²) in [5.41, 5.74) is 1.40. The number of carboxylic acid groups (broad SMARTS) is 1. The highest BCUT2D eigenvalue weighted by molar-refractivity contribution is 7.92. The van der Waals surface area contributed by atoms with Crippen LogP contribution in [0.3, 0.4) is 0 Å². The van der Waals surface area contributed by atoms with Crippen molar-refractivity contribution in [1.82, 2.24) is 9.97 Å². The molecular weight excluding hydrogens is 458 g/mol. The van der Waals surface area contributed by atoms with Crippen molar-refractivity contribution < 1.29 is 23.1 Å². The van der Waals surface area contributed by atoms with Gasteiger partial charge in [0.05, 0.1) is 30.9 Å². The first-order chi connectivity index (χ1) is 15.1. The number of hydrogen-bond acceptors (Lipinski definition) is 8. The molecule has 0 unspecified atom stereocenters. The van der Waals surface area contributed by atoms with E-state index in [9.17, 15) is 18.3 Å². The topological polar surface area (TPSA) is 134 Å². The van der Waals surface area contributed by atoms with E-state index in [1.165, 1.54) is 32.5 Å². The minimum atomic E-state index is -3.48. The predicted molar refractivity (Wildman–Crippen MR) is 123 cm³/mol. The highest BCUT2D eigenvalue weighted by atomic mass is 35.5. The van der Waals surface area contributed by atoms with Crippen LogP contribution >= 0.6 is 11.6 Å². The van der Waals surface area contributed by atoms with Gasteiger partial charge < -0.3 is 20.5 Å². The molecule has 3 rings (SSSR count). The molecule has 0 aliphatic heterocycles. The van der Waals surface area contributed by atoms with E-state index in [4.69, 9.17) is 16.3 Å². The van der Waals surface area contributed by atoms with E-state index in [0.29, 0.717) is 17.1 Å². The Hall–Kier alpha value is -3.57. The van der Waals surface area contributed by atoms with Crippen molar-refractivity contribution in [2.45, 2.75) is 0 Å². The van der Waals surface area contributed by atoms with Crippen LogP contribution < -0.4 is 19.7 Å². The van der Waals surface area contributed by atoms with Gasteiger partial charge in [0.2, 0.25) is 16.0 Å². The number of nitrogens with one attached hydrogen (secondary N) is 2. The first-order valence-electron chi connectivity index (χ1n) is 9.11. The summed E-state index contributed by atoms with van der Waals surface area (Å²) in [6, 6.07) is 11.2. The van der Waals surface area contributed by atoms with Crippen molar-refractivity contribution in [2.75, 3.05) is 35.4 Å². The van der Waals surface area contributed by atoms with E-state index in [2.05, 4.69) is 20.6 Å². The van der Waals surface area contributed by atoms with E-state index in [-0.39, 0.29) is 28.1 Å². The molecular formula is C20H20ClN5O5S. The highest BCUT2D eigenvalue weighted by Crippen LogP contribution is 2.32. The van der Waals surface area contributed by atoms with Gasteiger partial charge in [-0.1, -0.05) is 23.7 Å². The molecule has 0 aliphatic carbocycles. The molecule has 12 heteroatoms. The summed E-state index contributed by atoms with van der Waals surface area (Å²) in [6.45, 7) is 0. The lowest BCUT2D eigenvalue weighted by atomic mass is 10.2. The fraction of sp³-hybridized carbons (Fsp3) is 0.150. The Kier molecular flexibility index (Phi) is 6.70. The Balaban J connectivity index is 1.91. The van der Waals surface area contributed by atoms with Crippen molar-refractivity contribution in [2.24, 2.45) is 0 Å². The summed E-state index contributed by atoms with van der Waals surface area (Å²) in [5.74, 6) is -0.517. The summed E-state index contributed by atoms with van der Waals surface area (Å²) < 4.78 is 30.2. The summed E-state index contributed by atoms with van der Waals surface area (Å²) in [6.07, 6.45) is 2.48. The highest BCUT2D eigenvalue weighted by Gasteiger charge is 2.17. The van der Waals surface area contributed by atoms with Crippen LogP contribution in [0.4, 0.5) is 28.8 Å². The number of halogens is 1. The van der Waals surface area contributed by atoms with E-state index in [1.54, 1.807) is 30.3 Å². The van der Waals surface area contributed by atoms with Gasteiger partial charge in [-0.2, -0.15) is 4.98 Å². The van der Waals surface area contributed by atoms with Gasteiger partial charge in [0, 0.05) is 18.8 Å². The summed E-state index contributed by atoms with van der Waals surface area (Å²) >= 11 is 6.24. The number of benzene rings is 2. The molecule has 0 radical (unpaired) electrons. The van der Waals surface area contributed by atoms with Crippen LogP contribution in [0.5, 0.6) is 5.75 Å². The van der Waals surface area contributed by atoms with Crippen LogP contribution in [-0.2, 0) is 10.0 Å². The van der Waals surface area contributed by atoms with Crippen molar-refractivity contribution in [3.63, 3.8) is 0 Å². The molecule has 3 aromatic rings. The molecule has 10 nitrogen and oxygen atoms in total. The maximum Gasteiger partial charge on any atom is 0.339 e. The quantitative estimate of drug-likeness (QED) is 0.443. The zero-order valence-electron chi connectivity index (χ0n) is 17.3. The number of anilines is 5. The molecule has 0 saturated heterocycles. The minimum absolute atomic E-state index is 0.0176. The maximum atomic E-state index is 12.0. The number of carbonyl (C=O) groups is 1. The molecule has 0 fully saturated rings. The first kappa shape index (κ1) is 23.1. The molecule has 0 bridgehead atoms. The van der Waals surface area contributed by atoms with E-state index in [0.717, 1.165) is 10.6 Å².